The third kappa shape index (κ3) is 5.88. The van der Waals surface area contributed by atoms with E-state index >= 15 is 0 Å². The maximum absolute atomic E-state index is 11.6. The molecule has 0 aliphatic rings. The maximum Gasteiger partial charge on any atom is 0.236 e. The zero-order valence-corrected chi connectivity index (χ0v) is 12.5. The summed E-state index contributed by atoms with van der Waals surface area (Å²) < 4.78 is 0. The molecule has 0 bridgehead atoms. The zero-order valence-electron chi connectivity index (χ0n) is 12.5. The van der Waals surface area contributed by atoms with Crippen LogP contribution < -0.4 is 10.6 Å². The molecule has 0 saturated carbocycles. The van der Waals surface area contributed by atoms with Crippen molar-refractivity contribution in [2.45, 2.75) is 46.7 Å². The number of likely N-dealkylation sites (N-methyl/N-ethyl adjacent to an activating group) is 1. The van der Waals surface area contributed by atoms with Crippen LogP contribution in [-0.4, -0.2) is 18.5 Å². The molecule has 3 heteroatoms. The van der Waals surface area contributed by atoms with E-state index in [-0.39, 0.29) is 11.9 Å². The summed E-state index contributed by atoms with van der Waals surface area (Å²) in [6.07, 6.45) is 1.11. The van der Waals surface area contributed by atoms with Crippen molar-refractivity contribution in [1.29, 1.82) is 0 Å². The van der Waals surface area contributed by atoms with Gasteiger partial charge in [0.15, 0.2) is 0 Å². The summed E-state index contributed by atoms with van der Waals surface area (Å²) in [6, 6.07) is 8.46. The lowest BCUT2D eigenvalue weighted by Crippen LogP contribution is -2.41. The van der Waals surface area contributed by atoms with E-state index in [1.165, 1.54) is 11.1 Å². The molecule has 3 nitrogen and oxygen atoms in total. The van der Waals surface area contributed by atoms with Gasteiger partial charge in [-0.3, -0.25) is 4.79 Å². The van der Waals surface area contributed by atoms with Crippen molar-refractivity contribution >= 4 is 5.91 Å². The number of amides is 1. The molecule has 1 rings (SSSR count). The van der Waals surface area contributed by atoms with Crippen molar-refractivity contribution in [1.82, 2.24) is 10.6 Å². The van der Waals surface area contributed by atoms with Crippen LogP contribution in [0.1, 0.15) is 38.8 Å². The van der Waals surface area contributed by atoms with Crippen molar-refractivity contribution in [3.05, 3.63) is 35.4 Å². The Kier molecular flexibility index (Phi) is 6.57. The van der Waals surface area contributed by atoms with Crippen LogP contribution in [0.2, 0.25) is 0 Å². The molecule has 1 aromatic carbocycles. The molecule has 0 radical (unpaired) electrons. The molecular formula is C16H26N2O. The van der Waals surface area contributed by atoms with E-state index in [0.717, 1.165) is 13.0 Å². The fourth-order valence-electron chi connectivity index (χ4n) is 1.96. The number of benzene rings is 1. The van der Waals surface area contributed by atoms with Crippen molar-refractivity contribution in [3.8, 4) is 0 Å². The van der Waals surface area contributed by atoms with Gasteiger partial charge in [-0.1, -0.05) is 38.1 Å². The summed E-state index contributed by atoms with van der Waals surface area (Å²) in [5.41, 5.74) is 2.58. The Hall–Kier alpha value is -1.35. The van der Waals surface area contributed by atoms with Gasteiger partial charge in [-0.25, -0.2) is 0 Å². The van der Waals surface area contributed by atoms with Gasteiger partial charge in [0, 0.05) is 13.1 Å². The van der Waals surface area contributed by atoms with E-state index in [0.29, 0.717) is 12.5 Å². The molecule has 106 valence electrons. The van der Waals surface area contributed by atoms with Gasteiger partial charge in [0.05, 0.1) is 6.04 Å². The minimum atomic E-state index is -0.157. The van der Waals surface area contributed by atoms with E-state index in [9.17, 15) is 4.79 Å². The Morgan fingerprint density at radius 3 is 2.21 bits per heavy atom. The molecule has 1 atom stereocenters. The first-order chi connectivity index (χ1) is 9.02. The first kappa shape index (κ1) is 15.7. The van der Waals surface area contributed by atoms with E-state index in [1.54, 1.807) is 0 Å². The van der Waals surface area contributed by atoms with Crippen LogP contribution in [0.3, 0.4) is 0 Å². The molecule has 0 aromatic heterocycles. The first-order valence-corrected chi connectivity index (χ1v) is 7.11. The molecule has 0 fully saturated rings. The molecule has 0 heterocycles. The lowest BCUT2D eigenvalue weighted by molar-refractivity contribution is -0.122. The van der Waals surface area contributed by atoms with Gasteiger partial charge in [-0.15, -0.1) is 0 Å². The van der Waals surface area contributed by atoms with E-state index in [4.69, 9.17) is 0 Å². The van der Waals surface area contributed by atoms with Crippen molar-refractivity contribution < 1.29 is 4.79 Å². The average Bonchev–Trinajstić information content (AvgIpc) is 2.37. The highest BCUT2D eigenvalue weighted by Crippen LogP contribution is 2.09. The Balaban J connectivity index is 2.43. The molecule has 1 unspecified atom stereocenters. The molecular weight excluding hydrogens is 236 g/mol. The van der Waals surface area contributed by atoms with Crippen LogP contribution in [0.4, 0.5) is 0 Å². The van der Waals surface area contributed by atoms with Crippen molar-refractivity contribution in [2.24, 2.45) is 5.92 Å². The number of nitrogens with one attached hydrogen (secondary N) is 2. The Labute approximate surface area is 116 Å². The van der Waals surface area contributed by atoms with Crippen molar-refractivity contribution in [2.75, 3.05) is 6.54 Å². The lowest BCUT2D eigenvalue weighted by atomic mass is 10.0. The number of hydrogen-bond acceptors (Lipinski definition) is 2. The highest BCUT2D eigenvalue weighted by molar-refractivity contribution is 5.81. The van der Waals surface area contributed by atoms with Crippen LogP contribution in [-0.2, 0) is 17.8 Å². The van der Waals surface area contributed by atoms with Gasteiger partial charge < -0.3 is 10.6 Å². The van der Waals surface area contributed by atoms with Gasteiger partial charge in [0.25, 0.3) is 0 Å². The fraction of sp³-hybridized carbons (Fsp3) is 0.562. The number of rotatable bonds is 7. The van der Waals surface area contributed by atoms with Crippen LogP contribution in [0.25, 0.3) is 0 Å². The van der Waals surface area contributed by atoms with Gasteiger partial charge >= 0.3 is 0 Å². The predicted molar refractivity (Wildman–Crippen MR) is 80.0 cm³/mol. The molecule has 19 heavy (non-hydrogen) atoms. The van der Waals surface area contributed by atoms with Crippen LogP contribution in [0, 0.1) is 5.92 Å². The van der Waals surface area contributed by atoms with E-state index in [1.807, 2.05) is 13.8 Å². The fourth-order valence-corrected chi connectivity index (χ4v) is 1.96. The smallest absolute Gasteiger partial charge is 0.236 e. The maximum atomic E-state index is 11.6. The Morgan fingerprint density at radius 1 is 1.11 bits per heavy atom. The van der Waals surface area contributed by atoms with Gasteiger partial charge in [-0.05, 0) is 37.3 Å². The minimum absolute atomic E-state index is 0.0546. The lowest BCUT2D eigenvalue weighted by Gasteiger charge is -2.13. The molecule has 0 aliphatic heterocycles. The molecule has 1 aromatic rings. The van der Waals surface area contributed by atoms with Crippen LogP contribution in [0.5, 0.6) is 0 Å². The van der Waals surface area contributed by atoms with E-state index in [2.05, 4.69) is 48.7 Å². The normalized spacial score (nSPS) is 12.5. The number of carbonyl (C=O) groups excluding carboxylic acids is 1. The first-order valence-electron chi connectivity index (χ1n) is 7.11. The molecule has 2 N–H and O–H groups in total. The monoisotopic (exact) mass is 262 g/mol. The number of hydrogen-bond donors (Lipinski definition) is 2. The summed E-state index contributed by atoms with van der Waals surface area (Å²) in [5, 5.41) is 6.04. The summed E-state index contributed by atoms with van der Waals surface area (Å²) in [5.74, 6) is 0.737. The highest BCUT2D eigenvalue weighted by Gasteiger charge is 2.10. The topological polar surface area (TPSA) is 41.1 Å². The Morgan fingerprint density at radius 2 is 1.68 bits per heavy atom. The molecule has 0 saturated heterocycles. The summed E-state index contributed by atoms with van der Waals surface area (Å²) >= 11 is 0. The summed E-state index contributed by atoms with van der Waals surface area (Å²) in [6.45, 7) is 9.66. The standard InChI is InChI=1S/C16H26N2O/c1-5-17-16(19)13(4)18-11-15-8-6-14(7-9-15)10-12(2)3/h6-9,12-13,18H,5,10-11H2,1-4H3,(H,17,19). The zero-order chi connectivity index (χ0) is 14.3. The largest absolute Gasteiger partial charge is 0.355 e. The third-order valence-corrected chi connectivity index (χ3v) is 3.02. The van der Waals surface area contributed by atoms with Crippen LogP contribution >= 0.6 is 0 Å². The second-order valence-corrected chi connectivity index (χ2v) is 5.41. The number of carbonyl (C=O) groups is 1. The minimum Gasteiger partial charge on any atom is -0.355 e. The second kappa shape index (κ2) is 7.95. The molecule has 1 amide bonds. The van der Waals surface area contributed by atoms with Crippen molar-refractivity contribution in [3.63, 3.8) is 0 Å². The van der Waals surface area contributed by atoms with Gasteiger partial charge in [0.1, 0.15) is 0 Å². The van der Waals surface area contributed by atoms with E-state index < -0.39 is 0 Å². The van der Waals surface area contributed by atoms with Gasteiger partial charge in [0.2, 0.25) is 5.91 Å². The SMILES string of the molecule is CCNC(=O)C(C)NCc1ccc(CC(C)C)cc1. The molecule has 0 aliphatic carbocycles. The van der Waals surface area contributed by atoms with Crippen LogP contribution in [0.15, 0.2) is 24.3 Å². The predicted octanol–water partition coefficient (Wildman–Crippen LogP) is 2.50. The quantitative estimate of drug-likeness (QED) is 0.792. The summed E-state index contributed by atoms with van der Waals surface area (Å²) in [7, 11) is 0. The molecule has 0 spiro atoms. The average molecular weight is 262 g/mol. The second-order valence-electron chi connectivity index (χ2n) is 5.41. The highest BCUT2D eigenvalue weighted by atomic mass is 16.2. The summed E-state index contributed by atoms with van der Waals surface area (Å²) in [4.78, 5) is 11.6. The van der Waals surface area contributed by atoms with Gasteiger partial charge in [-0.2, -0.15) is 0 Å². The third-order valence-electron chi connectivity index (χ3n) is 3.02. The Bertz CT molecular complexity index is 384.